The predicted molar refractivity (Wildman–Crippen MR) is 74.3 cm³/mol. The average Bonchev–Trinajstić information content (AvgIpc) is 3.01. The van der Waals surface area contributed by atoms with Gasteiger partial charge in [0.2, 0.25) is 0 Å². The van der Waals surface area contributed by atoms with E-state index in [0.717, 1.165) is 0 Å². The summed E-state index contributed by atoms with van der Waals surface area (Å²) in [5, 5.41) is 0. The third-order valence-electron chi connectivity index (χ3n) is 2.74. The van der Waals surface area contributed by atoms with Gasteiger partial charge in [-0.05, 0) is 0 Å². The van der Waals surface area contributed by atoms with Crippen LogP contribution in [0.4, 0.5) is 0 Å². The Morgan fingerprint density at radius 1 is 0.824 bits per heavy atom. The minimum atomic E-state index is -1.42. The number of hydrogen-bond donors (Lipinski definition) is 0. The van der Waals surface area contributed by atoms with Gasteiger partial charge < -0.3 is 0 Å². The van der Waals surface area contributed by atoms with Crippen LogP contribution in [0.5, 0.6) is 0 Å². The van der Waals surface area contributed by atoms with Gasteiger partial charge in [0, 0.05) is 0 Å². The number of benzene rings is 1. The molecule has 0 N–H and O–H groups in total. The summed E-state index contributed by atoms with van der Waals surface area (Å²) in [5.74, 6) is 0. The molecule has 0 fully saturated rings. The molecule has 0 saturated carbocycles. The molecule has 2 aromatic heterocycles. The molecule has 0 bridgehead atoms. The second kappa shape index (κ2) is 3.77. The number of rotatable bonds is 1. The second-order valence-corrected chi connectivity index (χ2v) is 9.66. The van der Waals surface area contributed by atoms with Gasteiger partial charge in [-0.3, -0.25) is 0 Å². The maximum atomic E-state index is 4.59. The van der Waals surface area contributed by atoms with Crippen molar-refractivity contribution in [2.45, 2.75) is 0 Å². The molecule has 0 saturated heterocycles. The van der Waals surface area contributed by atoms with Gasteiger partial charge in [-0.25, -0.2) is 0 Å². The summed E-state index contributed by atoms with van der Waals surface area (Å²) in [6.07, 6.45) is 0. The van der Waals surface area contributed by atoms with Crippen LogP contribution in [0.2, 0.25) is 0 Å². The van der Waals surface area contributed by atoms with E-state index in [1.807, 2.05) is 11.0 Å². The molecule has 1 aliphatic rings. The van der Waals surface area contributed by atoms with Crippen LogP contribution in [0, 0.1) is 0 Å². The molecule has 3 aromatic rings. The molecule has 17 heavy (non-hydrogen) atoms. The molecule has 1 aromatic carbocycles. The van der Waals surface area contributed by atoms with Crippen molar-refractivity contribution in [1.29, 1.82) is 0 Å². The average molecular weight is 318 g/mol. The molecule has 5 heteroatoms. The van der Waals surface area contributed by atoms with E-state index in [0.29, 0.717) is 0 Å². The fourth-order valence-electron chi connectivity index (χ4n) is 2.03. The normalized spacial score (nSPS) is 13.6. The minimum absolute atomic E-state index is 1.32. The summed E-state index contributed by atoms with van der Waals surface area (Å²) < 4.78 is 4.07. The summed E-state index contributed by atoms with van der Waals surface area (Å²) in [7, 11) is 0. The van der Waals surface area contributed by atoms with E-state index in [2.05, 4.69) is 40.3 Å². The summed E-state index contributed by atoms with van der Waals surface area (Å²) in [6.45, 7) is 0. The van der Waals surface area contributed by atoms with E-state index in [1.54, 1.807) is 22.7 Å². The molecular formula is C12H7AsN2S2. The van der Waals surface area contributed by atoms with Crippen molar-refractivity contribution in [3.63, 3.8) is 0 Å². The first-order chi connectivity index (χ1) is 8.45. The number of hydrogen-bond acceptors (Lipinski definition) is 4. The summed E-state index contributed by atoms with van der Waals surface area (Å²) >= 11 is 2.09. The molecule has 0 atom stereocenters. The van der Waals surface area contributed by atoms with Crippen molar-refractivity contribution >= 4 is 50.6 Å². The van der Waals surface area contributed by atoms with Crippen LogP contribution in [0.15, 0.2) is 41.4 Å². The third kappa shape index (κ3) is 1.38. The fourth-order valence-corrected chi connectivity index (χ4v) is 10.3. The topological polar surface area (TPSA) is 25.8 Å². The van der Waals surface area contributed by atoms with Gasteiger partial charge in [0.05, 0.1) is 0 Å². The van der Waals surface area contributed by atoms with E-state index >= 15 is 0 Å². The fraction of sp³-hybridized carbons (Fsp3) is 0. The van der Waals surface area contributed by atoms with E-state index in [1.165, 1.54) is 23.1 Å². The Labute approximate surface area is 111 Å². The Kier molecular flexibility index (Phi) is 2.22. The first kappa shape index (κ1) is 10.0. The second-order valence-electron chi connectivity index (χ2n) is 3.68. The molecule has 2 nitrogen and oxygen atoms in total. The van der Waals surface area contributed by atoms with Gasteiger partial charge >= 0.3 is 112 Å². The zero-order valence-corrected chi connectivity index (χ0v) is 12.2. The number of fused-ring (bicyclic) bond motifs is 3. The quantitative estimate of drug-likeness (QED) is 0.491. The monoisotopic (exact) mass is 318 g/mol. The number of thiazole rings is 2. The summed E-state index contributed by atoms with van der Waals surface area (Å²) in [4.78, 5) is 11.9. The molecule has 1 aliphatic heterocycles. The van der Waals surface area contributed by atoms with Gasteiger partial charge in [0.25, 0.3) is 0 Å². The first-order valence-corrected chi connectivity index (χ1v) is 9.75. The van der Waals surface area contributed by atoms with E-state index in [9.17, 15) is 0 Å². The first-order valence-electron chi connectivity index (χ1n) is 5.17. The Bertz CT molecular complexity index is 634. The molecular weight excluding hydrogens is 311 g/mol. The van der Waals surface area contributed by atoms with Crippen LogP contribution < -0.4 is 13.3 Å². The van der Waals surface area contributed by atoms with Crippen molar-refractivity contribution in [1.82, 2.24) is 9.97 Å². The van der Waals surface area contributed by atoms with Gasteiger partial charge in [-0.2, -0.15) is 0 Å². The maximum absolute atomic E-state index is 4.59. The van der Waals surface area contributed by atoms with Crippen LogP contribution in [-0.4, -0.2) is 24.6 Å². The third-order valence-corrected chi connectivity index (χ3v) is 10.1. The van der Waals surface area contributed by atoms with Gasteiger partial charge in [-0.1, -0.05) is 0 Å². The summed E-state index contributed by atoms with van der Waals surface area (Å²) in [5.41, 5.74) is 3.94. The van der Waals surface area contributed by atoms with Crippen molar-refractivity contribution in [2.24, 2.45) is 0 Å². The van der Waals surface area contributed by atoms with E-state index < -0.39 is 14.7 Å². The molecule has 0 spiro atoms. The molecule has 0 amide bonds. The van der Waals surface area contributed by atoms with Crippen LogP contribution in [0.25, 0.3) is 9.75 Å². The Balaban J connectivity index is 1.99. The predicted octanol–water partition coefficient (Wildman–Crippen LogP) is 1.10. The molecule has 0 aliphatic carbocycles. The molecule has 4 rings (SSSR count). The molecule has 0 unspecified atom stereocenters. The van der Waals surface area contributed by atoms with Crippen molar-refractivity contribution in [2.75, 3.05) is 0 Å². The Morgan fingerprint density at radius 3 is 2.00 bits per heavy atom. The number of nitrogens with zero attached hydrogens (tertiary/aromatic N) is 2. The zero-order valence-electron chi connectivity index (χ0n) is 8.70. The number of aromatic nitrogens is 2. The van der Waals surface area contributed by atoms with Crippen LogP contribution in [-0.2, 0) is 0 Å². The Hall–Kier alpha value is -0.962. The van der Waals surface area contributed by atoms with Crippen molar-refractivity contribution in [3.05, 3.63) is 41.4 Å². The van der Waals surface area contributed by atoms with Gasteiger partial charge in [0.15, 0.2) is 0 Å². The van der Waals surface area contributed by atoms with Crippen LogP contribution in [0.3, 0.4) is 0 Å². The van der Waals surface area contributed by atoms with E-state index in [-0.39, 0.29) is 0 Å². The van der Waals surface area contributed by atoms with Gasteiger partial charge in [0.1, 0.15) is 0 Å². The standard InChI is InChI=1S/C12H7AsN2S2/c1-2-4-8(5-3-1)13-11-9(16-6-14-11)10-12(13)15-7-17-10/h1-7H. The Morgan fingerprint density at radius 2 is 1.41 bits per heavy atom. The van der Waals surface area contributed by atoms with Crippen molar-refractivity contribution in [3.8, 4) is 9.75 Å². The van der Waals surface area contributed by atoms with Crippen LogP contribution >= 0.6 is 22.7 Å². The molecule has 3 heterocycles. The van der Waals surface area contributed by atoms with E-state index in [4.69, 9.17) is 0 Å². The zero-order chi connectivity index (χ0) is 11.2. The molecule has 82 valence electrons. The van der Waals surface area contributed by atoms with Gasteiger partial charge in [-0.15, -0.1) is 0 Å². The van der Waals surface area contributed by atoms with Crippen molar-refractivity contribution < 1.29 is 0 Å². The summed E-state index contributed by atoms with van der Waals surface area (Å²) in [6, 6.07) is 10.7. The SMILES string of the molecule is c1ccc([As]2c3ncsc3-c3scnc32)cc1. The van der Waals surface area contributed by atoms with Crippen LogP contribution in [0.1, 0.15) is 0 Å². The molecule has 0 radical (unpaired) electrons.